The minimum absolute atomic E-state index is 0.701. The van der Waals surface area contributed by atoms with Gasteiger partial charge >= 0.3 is 0 Å². The Balaban J connectivity index is 2.22. The van der Waals surface area contributed by atoms with Crippen LogP contribution >= 0.6 is 27.5 Å². The Kier molecular flexibility index (Phi) is 5.46. The molecule has 6 heteroatoms. The number of benzene rings is 1. The Morgan fingerprint density at radius 1 is 1.45 bits per heavy atom. The van der Waals surface area contributed by atoms with E-state index in [1.165, 1.54) is 0 Å². The summed E-state index contributed by atoms with van der Waals surface area (Å²) in [4.78, 5) is 4.51. The number of hydrogen-bond acceptors (Lipinski definition) is 3. The molecule has 1 aromatic heterocycles. The highest BCUT2D eigenvalue weighted by Crippen LogP contribution is 2.27. The number of anilines is 1. The van der Waals surface area contributed by atoms with Gasteiger partial charge in [0.05, 0.1) is 11.4 Å². The molecule has 0 aliphatic heterocycles. The summed E-state index contributed by atoms with van der Waals surface area (Å²) >= 11 is 9.52. The molecule has 4 nitrogen and oxygen atoms in total. The molecule has 0 unspecified atom stereocenters. The normalized spacial score (nSPS) is 10.8. The van der Waals surface area contributed by atoms with Gasteiger partial charge in [-0.15, -0.1) is 0 Å². The fourth-order valence-electron chi connectivity index (χ4n) is 1.90. The van der Waals surface area contributed by atoms with Crippen LogP contribution in [0.25, 0.3) is 5.69 Å². The molecular formula is C14H17BrClN3O. The molecule has 0 aliphatic rings. The molecule has 1 aromatic carbocycles. The Morgan fingerprint density at radius 2 is 2.25 bits per heavy atom. The van der Waals surface area contributed by atoms with Crippen LogP contribution in [-0.4, -0.2) is 29.8 Å². The lowest BCUT2D eigenvalue weighted by Crippen LogP contribution is -2.09. The van der Waals surface area contributed by atoms with Crippen molar-refractivity contribution in [1.29, 1.82) is 0 Å². The molecule has 2 rings (SSSR count). The Morgan fingerprint density at radius 3 is 2.95 bits per heavy atom. The number of imidazole rings is 1. The first-order valence-corrected chi connectivity index (χ1v) is 7.53. The van der Waals surface area contributed by atoms with Crippen molar-refractivity contribution in [2.24, 2.45) is 0 Å². The lowest BCUT2D eigenvalue weighted by Gasteiger charge is -2.11. The predicted octanol–water partition coefficient (Wildman–Crippen LogP) is 4.05. The van der Waals surface area contributed by atoms with Gasteiger partial charge in [-0.25, -0.2) is 4.98 Å². The Labute approximate surface area is 132 Å². The first-order chi connectivity index (χ1) is 9.61. The summed E-state index contributed by atoms with van der Waals surface area (Å²) in [5.74, 6) is 0.821. The Hall–Kier alpha value is -1.04. The summed E-state index contributed by atoms with van der Waals surface area (Å²) in [6.07, 6.45) is 2.93. The number of nitrogens with zero attached hydrogens (tertiary/aromatic N) is 2. The van der Waals surface area contributed by atoms with Gasteiger partial charge in [-0.3, -0.25) is 4.57 Å². The molecule has 0 aliphatic carbocycles. The lowest BCUT2D eigenvalue weighted by atomic mass is 10.3. The largest absolute Gasteiger partial charge is 0.385 e. The summed E-state index contributed by atoms with van der Waals surface area (Å²) < 4.78 is 7.99. The van der Waals surface area contributed by atoms with E-state index in [2.05, 4.69) is 26.2 Å². The Bertz CT molecular complexity index is 586. The van der Waals surface area contributed by atoms with Gasteiger partial charge in [0.2, 0.25) is 5.95 Å². The number of ether oxygens (including phenoxy) is 1. The molecule has 1 heterocycles. The number of methoxy groups -OCH3 is 1. The van der Waals surface area contributed by atoms with Crippen LogP contribution in [0.2, 0.25) is 5.02 Å². The number of nitrogens with one attached hydrogen (secondary N) is 1. The van der Waals surface area contributed by atoms with Gasteiger partial charge in [-0.05, 0) is 47.5 Å². The summed E-state index contributed by atoms with van der Waals surface area (Å²) in [6, 6.07) is 5.71. The molecule has 0 saturated carbocycles. The van der Waals surface area contributed by atoms with Crippen molar-refractivity contribution in [2.75, 3.05) is 25.6 Å². The molecule has 0 spiro atoms. The van der Waals surface area contributed by atoms with Crippen molar-refractivity contribution in [3.63, 3.8) is 0 Å². The second-order valence-electron chi connectivity index (χ2n) is 4.44. The van der Waals surface area contributed by atoms with Crippen LogP contribution < -0.4 is 5.32 Å². The van der Waals surface area contributed by atoms with Crippen LogP contribution in [0.5, 0.6) is 0 Å². The molecular weight excluding hydrogens is 342 g/mol. The molecule has 0 saturated heterocycles. The van der Waals surface area contributed by atoms with Crippen molar-refractivity contribution in [3.05, 3.63) is 39.6 Å². The van der Waals surface area contributed by atoms with E-state index in [-0.39, 0.29) is 0 Å². The van der Waals surface area contributed by atoms with Crippen molar-refractivity contribution >= 4 is 33.5 Å². The summed E-state index contributed by atoms with van der Waals surface area (Å²) in [6.45, 7) is 3.52. The van der Waals surface area contributed by atoms with Gasteiger partial charge in [0, 0.05) is 36.0 Å². The molecule has 0 radical (unpaired) electrons. The molecule has 0 amide bonds. The first kappa shape index (κ1) is 15.4. The second kappa shape index (κ2) is 7.11. The van der Waals surface area contributed by atoms with Crippen LogP contribution in [0.4, 0.5) is 5.95 Å². The van der Waals surface area contributed by atoms with Gasteiger partial charge in [0.1, 0.15) is 0 Å². The summed E-state index contributed by atoms with van der Waals surface area (Å²) in [5, 5.41) is 4.03. The van der Waals surface area contributed by atoms with E-state index in [9.17, 15) is 0 Å². The molecule has 0 fully saturated rings. The third-order valence-corrected chi connectivity index (χ3v) is 3.67. The highest BCUT2D eigenvalue weighted by molar-refractivity contribution is 9.10. The van der Waals surface area contributed by atoms with Crippen molar-refractivity contribution in [3.8, 4) is 5.69 Å². The number of rotatable bonds is 6. The summed E-state index contributed by atoms with van der Waals surface area (Å²) in [5.41, 5.74) is 1.96. The second-order valence-corrected chi connectivity index (χ2v) is 5.74. The third-order valence-electron chi connectivity index (χ3n) is 2.80. The van der Waals surface area contributed by atoms with Crippen LogP contribution in [0.3, 0.4) is 0 Å². The molecule has 1 N–H and O–H groups in total. The fraction of sp³-hybridized carbons (Fsp3) is 0.357. The first-order valence-electron chi connectivity index (χ1n) is 6.36. The quantitative estimate of drug-likeness (QED) is 0.792. The minimum Gasteiger partial charge on any atom is -0.385 e. The van der Waals surface area contributed by atoms with Crippen LogP contribution in [0.15, 0.2) is 28.9 Å². The van der Waals surface area contributed by atoms with Gasteiger partial charge in [0.25, 0.3) is 0 Å². The monoisotopic (exact) mass is 357 g/mol. The van der Waals surface area contributed by atoms with Crippen molar-refractivity contribution in [2.45, 2.75) is 13.3 Å². The average molecular weight is 359 g/mol. The number of hydrogen-bond donors (Lipinski definition) is 1. The van der Waals surface area contributed by atoms with E-state index in [4.69, 9.17) is 16.3 Å². The molecule has 0 bridgehead atoms. The fourth-order valence-corrected chi connectivity index (χ4v) is 2.77. The zero-order valence-electron chi connectivity index (χ0n) is 11.5. The van der Waals surface area contributed by atoms with Crippen molar-refractivity contribution < 1.29 is 4.74 Å². The van der Waals surface area contributed by atoms with E-state index < -0.39 is 0 Å². The van der Waals surface area contributed by atoms with Crippen molar-refractivity contribution in [1.82, 2.24) is 9.55 Å². The maximum absolute atomic E-state index is 5.98. The number of aryl methyl sites for hydroxylation is 1. The SMILES string of the molecule is COCCCNc1nc(C)cn1-c1ccc(Cl)cc1Br. The van der Waals surface area contributed by atoms with E-state index in [1.54, 1.807) is 7.11 Å². The van der Waals surface area contributed by atoms with Crippen LogP contribution in [-0.2, 0) is 4.74 Å². The van der Waals surface area contributed by atoms with E-state index >= 15 is 0 Å². The topological polar surface area (TPSA) is 39.1 Å². The van der Waals surface area contributed by atoms with Crippen LogP contribution in [0, 0.1) is 6.92 Å². The number of aromatic nitrogens is 2. The zero-order chi connectivity index (χ0) is 14.5. The van der Waals surface area contributed by atoms with Crippen LogP contribution in [0.1, 0.15) is 12.1 Å². The molecule has 2 aromatic rings. The van der Waals surface area contributed by atoms with E-state index in [1.807, 2.05) is 35.9 Å². The van der Waals surface area contributed by atoms with E-state index in [0.29, 0.717) is 5.02 Å². The zero-order valence-corrected chi connectivity index (χ0v) is 13.8. The molecule has 108 valence electrons. The van der Waals surface area contributed by atoms with Gasteiger partial charge < -0.3 is 10.1 Å². The highest BCUT2D eigenvalue weighted by Gasteiger charge is 2.10. The third kappa shape index (κ3) is 3.75. The maximum atomic E-state index is 5.98. The lowest BCUT2D eigenvalue weighted by molar-refractivity contribution is 0.197. The molecule has 20 heavy (non-hydrogen) atoms. The highest BCUT2D eigenvalue weighted by atomic mass is 79.9. The van der Waals surface area contributed by atoms with Gasteiger partial charge in [0.15, 0.2) is 0 Å². The minimum atomic E-state index is 0.701. The molecule has 0 atom stereocenters. The van der Waals surface area contributed by atoms with E-state index in [0.717, 1.165) is 41.4 Å². The predicted molar refractivity (Wildman–Crippen MR) is 86.0 cm³/mol. The average Bonchev–Trinajstić information content (AvgIpc) is 2.76. The smallest absolute Gasteiger partial charge is 0.207 e. The summed E-state index contributed by atoms with van der Waals surface area (Å²) in [7, 11) is 1.70. The van der Waals surface area contributed by atoms with Gasteiger partial charge in [-0.2, -0.15) is 0 Å². The number of halogens is 2. The maximum Gasteiger partial charge on any atom is 0.207 e. The van der Waals surface area contributed by atoms with Gasteiger partial charge in [-0.1, -0.05) is 11.6 Å². The standard InChI is InChI=1S/C14H17BrClN3O/c1-10-9-19(13-5-4-11(16)8-12(13)15)14(18-10)17-6-3-7-20-2/h4-5,8-9H,3,6-7H2,1-2H3,(H,17,18).